The van der Waals surface area contributed by atoms with Crippen molar-refractivity contribution in [3.05, 3.63) is 59.3 Å². The van der Waals surface area contributed by atoms with E-state index in [2.05, 4.69) is 46.6 Å². The molecule has 2 saturated heterocycles. The van der Waals surface area contributed by atoms with Gasteiger partial charge in [-0.2, -0.15) is 0 Å². The summed E-state index contributed by atoms with van der Waals surface area (Å²) in [6, 6.07) is 5.08. The SMILES string of the molecule is Cc1cncc2c1c(C[C@@H]1CCN([C@@H](CN(C)C)C3CCOCC3)C1)cn2-c1ccc(F)cc1C(=O)N(C)C(C)C. The molecular formula is C33H46FN5O2. The minimum atomic E-state index is -0.414. The van der Waals surface area contributed by atoms with Gasteiger partial charge in [-0.15, -0.1) is 0 Å². The van der Waals surface area contributed by atoms with E-state index in [1.54, 1.807) is 18.0 Å². The number of pyridine rings is 1. The van der Waals surface area contributed by atoms with E-state index in [9.17, 15) is 9.18 Å². The molecule has 8 heteroatoms. The summed E-state index contributed by atoms with van der Waals surface area (Å²) < 4.78 is 22.2. The highest BCUT2D eigenvalue weighted by molar-refractivity contribution is 5.99. The number of carbonyl (C=O) groups excluding carboxylic acids is 1. The van der Waals surface area contributed by atoms with Crippen molar-refractivity contribution in [1.82, 2.24) is 24.3 Å². The van der Waals surface area contributed by atoms with Gasteiger partial charge in [-0.3, -0.25) is 14.7 Å². The molecule has 2 fully saturated rings. The molecule has 7 nitrogen and oxygen atoms in total. The monoisotopic (exact) mass is 563 g/mol. The standard InChI is InChI=1S/C33H46FN5O2/c1-22(2)37(6)33(40)28-16-27(34)7-8-29(28)39-20-26(32-23(3)17-35-18-30(32)39)15-24-9-12-38(19-24)31(21-36(4)5)25-10-13-41-14-11-25/h7-8,16-18,20,22,24-25,31H,9-15,19,21H2,1-6H3/t24-,31-/m0/s1. The van der Waals surface area contributed by atoms with E-state index in [0.29, 0.717) is 29.1 Å². The molecule has 0 aliphatic carbocycles. The van der Waals surface area contributed by atoms with Crippen molar-refractivity contribution in [2.24, 2.45) is 11.8 Å². The summed E-state index contributed by atoms with van der Waals surface area (Å²) in [5.74, 6) is 0.624. The van der Waals surface area contributed by atoms with Crippen LogP contribution in [0.1, 0.15) is 54.6 Å². The van der Waals surface area contributed by atoms with Crippen LogP contribution in [-0.2, 0) is 11.2 Å². The molecule has 1 amide bonds. The van der Waals surface area contributed by atoms with Crippen molar-refractivity contribution in [3.63, 3.8) is 0 Å². The number of nitrogens with zero attached hydrogens (tertiary/aromatic N) is 5. The summed E-state index contributed by atoms with van der Waals surface area (Å²) in [5, 5.41) is 1.19. The number of ether oxygens (including phenoxy) is 1. The number of likely N-dealkylation sites (N-methyl/N-ethyl adjacent to an activating group) is 1. The van der Waals surface area contributed by atoms with Gasteiger partial charge >= 0.3 is 0 Å². The lowest BCUT2D eigenvalue weighted by Crippen LogP contribution is -2.47. The van der Waals surface area contributed by atoms with Crippen LogP contribution >= 0.6 is 0 Å². The number of likely N-dealkylation sites (tertiary alicyclic amines) is 1. The van der Waals surface area contributed by atoms with Gasteiger partial charge in [-0.25, -0.2) is 4.39 Å². The summed E-state index contributed by atoms with van der Waals surface area (Å²) in [6.45, 7) is 11.1. The fourth-order valence-corrected chi connectivity index (χ4v) is 6.79. The van der Waals surface area contributed by atoms with Gasteiger partial charge in [0.2, 0.25) is 0 Å². The fraction of sp³-hybridized carbons (Fsp3) is 0.576. The lowest BCUT2D eigenvalue weighted by Gasteiger charge is -2.38. The Bertz CT molecular complexity index is 1360. The molecular weight excluding hydrogens is 517 g/mol. The molecule has 222 valence electrons. The zero-order valence-electron chi connectivity index (χ0n) is 25.6. The summed E-state index contributed by atoms with van der Waals surface area (Å²) in [4.78, 5) is 24.7. The first kappa shape index (κ1) is 29.7. The van der Waals surface area contributed by atoms with E-state index >= 15 is 0 Å². The van der Waals surface area contributed by atoms with Crippen LogP contribution in [0, 0.1) is 24.6 Å². The quantitative estimate of drug-likeness (QED) is 0.359. The Morgan fingerprint density at radius 2 is 1.90 bits per heavy atom. The predicted octanol–water partition coefficient (Wildman–Crippen LogP) is 5.17. The molecule has 41 heavy (non-hydrogen) atoms. The molecule has 4 heterocycles. The topological polar surface area (TPSA) is 53.8 Å². The average Bonchev–Trinajstić information content (AvgIpc) is 3.57. The van der Waals surface area contributed by atoms with Gasteiger partial charge in [-0.05, 0) is 108 Å². The minimum Gasteiger partial charge on any atom is -0.381 e. The van der Waals surface area contributed by atoms with Crippen molar-refractivity contribution in [2.75, 3.05) is 54.0 Å². The van der Waals surface area contributed by atoms with Gasteiger partial charge in [0.1, 0.15) is 5.82 Å². The Morgan fingerprint density at radius 3 is 2.61 bits per heavy atom. The number of benzene rings is 1. The van der Waals surface area contributed by atoms with Gasteiger partial charge in [0.15, 0.2) is 0 Å². The summed E-state index contributed by atoms with van der Waals surface area (Å²) in [7, 11) is 6.13. The van der Waals surface area contributed by atoms with Crippen LogP contribution in [0.2, 0.25) is 0 Å². The molecule has 2 aliphatic rings. The molecule has 2 atom stereocenters. The van der Waals surface area contributed by atoms with Crippen LogP contribution in [0.5, 0.6) is 0 Å². The van der Waals surface area contributed by atoms with E-state index in [1.165, 1.54) is 29.5 Å². The molecule has 3 aromatic rings. The highest BCUT2D eigenvalue weighted by atomic mass is 19.1. The highest BCUT2D eigenvalue weighted by Gasteiger charge is 2.34. The molecule has 0 radical (unpaired) electrons. The van der Waals surface area contributed by atoms with Gasteiger partial charge in [-0.1, -0.05) is 0 Å². The maximum atomic E-state index is 14.5. The minimum absolute atomic E-state index is 0.00210. The number of fused-ring (bicyclic) bond motifs is 1. The number of hydrogen-bond acceptors (Lipinski definition) is 5. The molecule has 2 aromatic heterocycles. The van der Waals surface area contributed by atoms with E-state index in [4.69, 9.17) is 4.74 Å². The molecule has 5 rings (SSSR count). The second kappa shape index (κ2) is 12.6. The first-order chi connectivity index (χ1) is 19.6. The van der Waals surface area contributed by atoms with Crippen molar-refractivity contribution >= 4 is 16.8 Å². The number of carbonyl (C=O) groups is 1. The molecule has 2 aliphatic heterocycles. The van der Waals surface area contributed by atoms with Crippen molar-refractivity contribution < 1.29 is 13.9 Å². The predicted molar refractivity (Wildman–Crippen MR) is 162 cm³/mol. The van der Waals surface area contributed by atoms with Gasteiger partial charge in [0.05, 0.1) is 23.0 Å². The number of aryl methyl sites for hydroxylation is 1. The van der Waals surface area contributed by atoms with Crippen LogP contribution in [0.25, 0.3) is 16.6 Å². The third kappa shape index (κ3) is 6.35. The third-order valence-electron chi connectivity index (χ3n) is 9.18. The number of aromatic nitrogens is 2. The highest BCUT2D eigenvalue weighted by Crippen LogP contribution is 2.34. The summed E-state index contributed by atoms with van der Waals surface area (Å²) in [5.41, 5.74) is 4.39. The average molecular weight is 564 g/mol. The third-order valence-corrected chi connectivity index (χ3v) is 9.18. The Kier molecular flexibility index (Phi) is 9.12. The van der Waals surface area contributed by atoms with Crippen molar-refractivity contribution in [1.29, 1.82) is 0 Å². The fourth-order valence-electron chi connectivity index (χ4n) is 6.79. The zero-order valence-corrected chi connectivity index (χ0v) is 25.6. The van der Waals surface area contributed by atoms with Gasteiger partial charge in [0, 0.05) is 63.2 Å². The van der Waals surface area contributed by atoms with E-state index in [0.717, 1.165) is 63.2 Å². The second-order valence-electron chi connectivity index (χ2n) is 12.7. The van der Waals surface area contributed by atoms with Crippen LogP contribution in [0.4, 0.5) is 4.39 Å². The maximum absolute atomic E-state index is 14.5. The number of hydrogen-bond donors (Lipinski definition) is 0. The Morgan fingerprint density at radius 1 is 1.15 bits per heavy atom. The lowest BCUT2D eigenvalue weighted by molar-refractivity contribution is 0.0234. The Labute approximate surface area is 244 Å². The molecule has 0 unspecified atom stereocenters. The van der Waals surface area contributed by atoms with Crippen molar-refractivity contribution in [2.45, 2.75) is 58.5 Å². The van der Waals surface area contributed by atoms with Crippen LogP contribution in [0.3, 0.4) is 0 Å². The number of halogens is 1. The van der Waals surface area contributed by atoms with Gasteiger partial charge in [0.25, 0.3) is 5.91 Å². The normalized spacial score (nSPS) is 19.5. The lowest BCUT2D eigenvalue weighted by atomic mass is 9.90. The Hall–Kier alpha value is -2.81. The molecule has 1 aromatic carbocycles. The maximum Gasteiger partial charge on any atom is 0.256 e. The smallest absolute Gasteiger partial charge is 0.256 e. The molecule has 0 spiro atoms. The number of rotatable bonds is 9. The van der Waals surface area contributed by atoms with Crippen LogP contribution in [0.15, 0.2) is 36.8 Å². The van der Waals surface area contributed by atoms with E-state index in [-0.39, 0.29) is 11.9 Å². The molecule has 0 N–H and O–H groups in total. The van der Waals surface area contributed by atoms with E-state index < -0.39 is 5.82 Å². The first-order valence-corrected chi connectivity index (χ1v) is 15.1. The molecule has 0 bridgehead atoms. The van der Waals surface area contributed by atoms with Crippen molar-refractivity contribution in [3.8, 4) is 5.69 Å². The summed E-state index contributed by atoms with van der Waals surface area (Å²) >= 11 is 0. The second-order valence-corrected chi connectivity index (χ2v) is 12.7. The van der Waals surface area contributed by atoms with Gasteiger partial charge < -0.3 is 19.1 Å². The largest absolute Gasteiger partial charge is 0.381 e. The Balaban J connectivity index is 1.45. The molecule has 0 saturated carbocycles. The van der Waals surface area contributed by atoms with E-state index in [1.807, 2.05) is 26.2 Å². The zero-order chi connectivity index (χ0) is 29.3. The van der Waals surface area contributed by atoms with Crippen LogP contribution < -0.4 is 0 Å². The first-order valence-electron chi connectivity index (χ1n) is 15.1. The number of amides is 1. The summed E-state index contributed by atoms with van der Waals surface area (Å²) in [6.07, 6.45) is 10.4. The van der Waals surface area contributed by atoms with Crippen LogP contribution in [-0.4, -0.2) is 96.2 Å².